The highest BCUT2D eigenvalue weighted by molar-refractivity contribution is 6.32. The van der Waals surface area contributed by atoms with Crippen molar-refractivity contribution < 1.29 is 14.6 Å². The van der Waals surface area contributed by atoms with Crippen LogP contribution in [0.5, 0.6) is 0 Å². The van der Waals surface area contributed by atoms with Crippen molar-refractivity contribution in [2.24, 2.45) is 0 Å². The van der Waals surface area contributed by atoms with Crippen LogP contribution < -0.4 is 5.32 Å². The van der Waals surface area contributed by atoms with Gasteiger partial charge in [-0.1, -0.05) is 23.7 Å². The molecule has 2 aromatic rings. The van der Waals surface area contributed by atoms with Gasteiger partial charge < -0.3 is 5.32 Å². The third-order valence-electron chi connectivity index (χ3n) is 3.41. The second-order valence-corrected chi connectivity index (χ2v) is 5.39. The molecule has 0 unspecified atom stereocenters. The van der Waals surface area contributed by atoms with Crippen LogP contribution in [0.4, 0.5) is 17.1 Å². The second kappa shape index (κ2) is 7.05. The van der Waals surface area contributed by atoms with Gasteiger partial charge in [-0.2, -0.15) is 0 Å². The van der Waals surface area contributed by atoms with Gasteiger partial charge in [-0.3, -0.25) is 25.0 Å². The molecule has 0 aliphatic heterocycles. The lowest BCUT2D eigenvalue weighted by Gasteiger charge is -2.12. The molecule has 0 radical (unpaired) electrons. The molecular weight excluding hydrogens is 338 g/mol. The number of anilines is 1. The smallest absolute Gasteiger partial charge is 0.289 e. The van der Waals surface area contributed by atoms with Gasteiger partial charge >= 0.3 is 0 Å². The maximum absolute atomic E-state index is 12.2. The highest BCUT2D eigenvalue weighted by atomic mass is 35.5. The van der Waals surface area contributed by atoms with Crippen molar-refractivity contribution >= 4 is 34.6 Å². The molecule has 0 saturated heterocycles. The van der Waals surface area contributed by atoms with Gasteiger partial charge in [0.25, 0.3) is 11.4 Å². The Balaban J connectivity index is 2.15. The lowest BCUT2D eigenvalue weighted by molar-refractivity contribution is -0.385. The molecule has 0 aromatic heterocycles. The minimum Gasteiger partial charge on any atom is -0.325 e. The average Bonchev–Trinajstić information content (AvgIpc) is 2.55. The summed E-state index contributed by atoms with van der Waals surface area (Å²) in [4.78, 5) is 32.6. The Bertz CT molecular complexity index is 807. The topological polar surface area (TPSA) is 115 Å². The van der Waals surface area contributed by atoms with Crippen molar-refractivity contribution in [3.63, 3.8) is 0 Å². The summed E-state index contributed by atoms with van der Waals surface area (Å²) in [7, 11) is 0. The van der Waals surface area contributed by atoms with Gasteiger partial charge in [0.15, 0.2) is 0 Å². The molecule has 0 aliphatic rings. The standard InChI is InChI=1S/C15H12ClN3O5/c1-9(10-2-5-12(6-3-10)18(21)22)15(20)17-11-4-7-13(16)14(8-11)19(23)24/h2-9H,1H3,(H,17,20)/t9-/m0/s1. The van der Waals surface area contributed by atoms with Crippen LogP contribution in [0.3, 0.4) is 0 Å². The maximum atomic E-state index is 12.2. The molecule has 0 aliphatic carbocycles. The minimum absolute atomic E-state index is 0.0265. The second-order valence-electron chi connectivity index (χ2n) is 4.98. The van der Waals surface area contributed by atoms with E-state index in [1.807, 2.05) is 0 Å². The number of nitro benzene ring substituents is 2. The molecular formula is C15H12ClN3O5. The van der Waals surface area contributed by atoms with Crippen molar-refractivity contribution in [3.8, 4) is 0 Å². The first kappa shape index (κ1) is 17.4. The maximum Gasteiger partial charge on any atom is 0.289 e. The van der Waals surface area contributed by atoms with E-state index in [1.165, 1.54) is 42.5 Å². The number of amides is 1. The molecule has 0 fully saturated rings. The van der Waals surface area contributed by atoms with Crippen LogP contribution in [0.15, 0.2) is 42.5 Å². The quantitative estimate of drug-likeness (QED) is 0.649. The Morgan fingerprint density at radius 3 is 2.25 bits per heavy atom. The van der Waals surface area contributed by atoms with E-state index in [2.05, 4.69) is 5.32 Å². The van der Waals surface area contributed by atoms with E-state index < -0.39 is 21.7 Å². The molecule has 0 spiro atoms. The number of non-ortho nitro benzene ring substituents is 1. The van der Waals surface area contributed by atoms with E-state index in [1.54, 1.807) is 6.92 Å². The summed E-state index contributed by atoms with van der Waals surface area (Å²) in [5.74, 6) is -0.999. The van der Waals surface area contributed by atoms with Crippen molar-refractivity contribution in [1.82, 2.24) is 0 Å². The first-order valence-electron chi connectivity index (χ1n) is 6.78. The third kappa shape index (κ3) is 3.85. The fourth-order valence-corrected chi connectivity index (χ4v) is 2.20. The van der Waals surface area contributed by atoms with E-state index in [0.29, 0.717) is 5.56 Å². The summed E-state index contributed by atoms with van der Waals surface area (Å²) in [6.07, 6.45) is 0. The Labute approximate surface area is 141 Å². The largest absolute Gasteiger partial charge is 0.325 e. The summed E-state index contributed by atoms with van der Waals surface area (Å²) in [6, 6.07) is 9.56. The normalized spacial score (nSPS) is 11.6. The number of nitro groups is 2. The number of hydrogen-bond donors (Lipinski definition) is 1. The van der Waals surface area contributed by atoms with E-state index in [9.17, 15) is 25.0 Å². The highest BCUT2D eigenvalue weighted by Gasteiger charge is 2.19. The average molecular weight is 350 g/mol. The van der Waals surface area contributed by atoms with Crippen LogP contribution >= 0.6 is 11.6 Å². The van der Waals surface area contributed by atoms with E-state index in [4.69, 9.17) is 11.6 Å². The van der Waals surface area contributed by atoms with Gasteiger partial charge in [-0.25, -0.2) is 0 Å². The summed E-state index contributed by atoms with van der Waals surface area (Å²) in [5, 5.41) is 24.0. The van der Waals surface area contributed by atoms with Gasteiger partial charge in [0.1, 0.15) is 5.02 Å². The number of nitrogens with zero attached hydrogens (tertiary/aromatic N) is 2. The molecule has 2 aromatic carbocycles. The van der Waals surface area contributed by atoms with Gasteiger partial charge in [-0.15, -0.1) is 0 Å². The van der Waals surface area contributed by atoms with Crippen molar-refractivity contribution in [1.29, 1.82) is 0 Å². The number of halogens is 1. The first-order chi connectivity index (χ1) is 11.3. The summed E-state index contributed by atoms with van der Waals surface area (Å²) < 4.78 is 0. The number of carbonyl (C=O) groups excluding carboxylic acids is 1. The van der Waals surface area contributed by atoms with Crippen LogP contribution in [-0.4, -0.2) is 15.8 Å². The van der Waals surface area contributed by atoms with Crippen molar-refractivity contribution in [2.45, 2.75) is 12.8 Å². The summed E-state index contributed by atoms with van der Waals surface area (Å²) in [6.45, 7) is 1.63. The molecule has 24 heavy (non-hydrogen) atoms. The first-order valence-corrected chi connectivity index (χ1v) is 7.16. The van der Waals surface area contributed by atoms with E-state index in [-0.39, 0.29) is 22.1 Å². The number of carbonyl (C=O) groups is 1. The fourth-order valence-electron chi connectivity index (χ4n) is 2.02. The molecule has 9 heteroatoms. The van der Waals surface area contributed by atoms with E-state index >= 15 is 0 Å². The number of hydrogen-bond acceptors (Lipinski definition) is 5. The van der Waals surface area contributed by atoms with Gasteiger partial charge in [0, 0.05) is 23.9 Å². The monoisotopic (exact) mass is 349 g/mol. The minimum atomic E-state index is -0.641. The van der Waals surface area contributed by atoms with Crippen LogP contribution in [0, 0.1) is 20.2 Å². The molecule has 1 atom stereocenters. The molecule has 0 heterocycles. The van der Waals surface area contributed by atoms with Crippen LogP contribution in [0.25, 0.3) is 0 Å². The molecule has 2 rings (SSSR count). The molecule has 1 amide bonds. The molecule has 0 bridgehead atoms. The SMILES string of the molecule is C[C@H](C(=O)Nc1ccc(Cl)c([N+](=O)[O-])c1)c1ccc([N+](=O)[O-])cc1. The van der Waals surface area contributed by atoms with Crippen LogP contribution in [0.1, 0.15) is 18.4 Å². The third-order valence-corrected chi connectivity index (χ3v) is 3.73. The lowest BCUT2D eigenvalue weighted by atomic mass is 10.00. The zero-order valence-corrected chi connectivity index (χ0v) is 13.2. The predicted octanol–water partition coefficient (Wildman–Crippen LogP) is 3.90. The fraction of sp³-hybridized carbons (Fsp3) is 0.133. The van der Waals surface area contributed by atoms with Crippen LogP contribution in [0.2, 0.25) is 5.02 Å². The highest BCUT2D eigenvalue weighted by Crippen LogP contribution is 2.28. The zero-order valence-electron chi connectivity index (χ0n) is 12.4. The molecule has 1 N–H and O–H groups in total. The van der Waals surface area contributed by atoms with Gasteiger partial charge in [0.05, 0.1) is 15.8 Å². The lowest BCUT2D eigenvalue weighted by Crippen LogP contribution is -2.18. The van der Waals surface area contributed by atoms with Crippen molar-refractivity contribution in [2.75, 3.05) is 5.32 Å². The Morgan fingerprint density at radius 1 is 1.08 bits per heavy atom. The zero-order chi connectivity index (χ0) is 17.9. The Morgan fingerprint density at radius 2 is 1.71 bits per heavy atom. The molecule has 8 nitrogen and oxygen atoms in total. The number of nitrogens with one attached hydrogen (secondary N) is 1. The Hall–Kier alpha value is -3.00. The van der Waals surface area contributed by atoms with Gasteiger partial charge in [-0.05, 0) is 24.6 Å². The summed E-state index contributed by atoms with van der Waals surface area (Å²) in [5.41, 5.74) is 0.448. The van der Waals surface area contributed by atoms with Gasteiger partial charge in [0.2, 0.25) is 5.91 Å². The predicted molar refractivity (Wildman–Crippen MR) is 88.2 cm³/mol. The van der Waals surface area contributed by atoms with Crippen LogP contribution in [-0.2, 0) is 4.79 Å². The molecule has 0 saturated carbocycles. The summed E-state index contributed by atoms with van der Waals surface area (Å²) >= 11 is 5.72. The number of benzene rings is 2. The van der Waals surface area contributed by atoms with Crippen molar-refractivity contribution in [3.05, 3.63) is 73.3 Å². The number of rotatable bonds is 5. The Kier molecular flexibility index (Phi) is 5.10. The van der Waals surface area contributed by atoms with E-state index in [0.717, 1.165) is 0 Å². The molecule has 124 valence electrons.